The third kappa shape index (κ3) is 4.18. The molecule has 2 N–H and O–H groups in total. The Labute approximate surface area is 149 Å². The Morgan fingerprint density at radius 2 is 2.25 bits per heavy atom. The zero-order chi connectivity index (χ0) is 16.9. The maximum atomic E-state index is 12.0. The summed E-state index contributed by atoms with van der Waals surface area (Å²) >= 11 is 2.94. The fourth-order valence-corrected chi connectivity index (χ4v) is 4.56. The Kier molecular flexibility index (Phi) is 5.57. The zero-order valence-corrected chi connectivity index (χ0v) is 15.3. The lowest BCUT2D eigenvalue weighted by Gasteiger charge is -2.10. The van der Waals surface area contributed by atoms with Gasteiger partial charge in [-0.2, -0.15) is 0 Å². The summed E-state index contributed by atoms with van der Waals surface area (Å²) in [6, 6.07) is 5.92. The quantitative estimate of drug-likeness (QED) is 0.847. The van der Waals surface area contributed by atoms with Crippen LogP contribution in [0.2, 0.25) is 0 Å². The third-order valence-corrected chi connectivity index (χ3v) is 5.92. The summed E-state index contributed by atoms with van der Waals surface area (Å²) in [5.41, 5.74) is 1.99. The van der Waals surface area contributed by atoms with E-state index in [4.69, 9.17) is 4.74 Å². The first-order chi connectivity index (χ1) is 11.7. The third-order valence-electron chi connectivity index (χ3n) is 3.73. The van der Waals surface area contributed by atoms with Crippen LogP contribution in [-0.4, -0.2) is 35.0 Å². The molecule has 1 unspecified atom stereocenters. The van der Waals surface area contributed by atoms with Crippen LogP contribution in [0.15, 0.2) is 22.5 Å². The molecule has 0 aliphatic carbocycles. The summed E-state index contributed by atoms with van der Waals surface area (Å²) in [6.45, 7) is 2.79. The van der Waals surface area contributed by atoms with E-state index in [9.17, 15) is 4.79 Å². The number of nitrogens with one attached hydrogen (secondary N) is 2. The van der Waals surface area contributed by atoms with Crippen molar-refractivity contribution < 1.29 is 9.53 Å². The van der Waals surface area contributed by atoms with E-state index in [0.717, 1.165) is 47.1 Å². The SMILES string of the molecule is COc1ccc(C)cc1Nc1nnc(SC2CCCCNC2=O)s1. The van der Waals surface area contributed by atoms with Gasteiger partial charge in [-0.3, -0.25) is 4.79 Å². The molecule has 24 heavy (non-hydrogen) atoms. The van der Waals surface area contributed by atoms with E-state index in [1.807, 2.05) is 25.1 Å². The van der Waals surface area contributed by atoms with Crippen LogP contribution < -0.4 is 15.4 Å². The molecule has 3 rings (SSSR count). The van der Waals surface area contributed by atoms with Crippen LogP contribution in [-0.2, 0) is 4.79 Å². The number of thioether (sulfide) groups is 1. The molecule has 1 aromatic carbocycles. The standard InChI is InChI=1S/C16H20N4O2S2/c1-10-6-7-12(22-2)11(9-10)18-15-19-20-16(24-15)23-13-5-3-4-8-17-14(13)21/h6-7,9,13H,3-5,8H2,1-2H3,(H,17,21)(H,18,19). The van der Waals surface area contributed by atoms with Crippen molar-refractivity contribution >= 4 is 39.8 Å². The van der Waals surface area contributed by atoms with Gasteiger partial charge in [-0.1, -0.05) is 35.6 Å². The van der Waals surface area contributed by atoms with Crippen LogP contribution in [0.3, 0.4) is 0 Å². The van der Waals surface area contributed by atoms with E-state index in [1.165, 1.54) is 23.1 Å². The highest BCUT2D eigenvalue weighted by Crippen LogP contribution is 2.35. The molecule has 0 bridgehead atoms. The monoisotopic (exact) mass is 364 g/mol. The highest BCUT2D eigenvalue weighted by molar-refractivity contribution is 8.02. The van der Waals surface area contributed by atoms with Gasteiger partial charge in [-0.05, 0) is 37.5 Å². The molecule has 1 amide bonds. The molecule has 2 heterocycles. The molecule has 6 nitrogen and oxygen atoms in total. The predicted octanol–water partition coefficient (Wildman–Crippen LogP) is 3.36. The molecule has 1 saturated heterocycles. The number of nitrogens with zero attached hydrogens (tertiary/aromatic N) is 2. The van der Waals surface area contributed by atoms with Crippen LogP contribution in [0.1, 0.15) is 24.8 Å². The number of aromatic nitrogens is 2. The Morgan fingerprint density at radius 3 is 3.08 bits per heavy atom. The summed E-state index contributed by atoms with van der Waals surface area (Å²) < 4.78 is 6.16. The first-order valence-electron chi connectivity index (χ1n) is 7.85. The van der Waals surface area contributed by atoms with E-state index >= 15 is 0 Å². The van der Waals surface area contributed by atoms with E-state index in [2.05, 4.69) is 20.8 Å². The Morgan fingerprint density at radius 1 is 1.38 bits per heavy atom. The first kappa shape index (κ1) is 17.0. The summed E-state index contributed by atoms with van der Waals surface area (Å²) in [7, 11) is 1.64. The van der Waals surface area contributed by atoms with E-state index in [-0.39, 0.29) is 11.2 Å². The van der Waals surface area contributed by atoms with E-state index < -0.39 is 0 Å². The maximum Gasteiger partial charge on any atom is 0.233 e. The predicted molar refractivity (Wildman–Crippen MR) is 97.4 cm³/mol. The number of hydrogen-bond acceptors (Lipinski definition) is 7. The second-order valence-electron chi connectivity index (χ2n) is 5.60. The van der Waals surface area contributed by atoms with Gasteiger partial charge in [0.1, 0.15) is 5.75 Å². The van der Waals surface area contributed by atoms with Crippen molar-refractivity contribution in [1.29, 1.82) is 0 Å². The number of carbonyl (C=O) groups excluding carboxylic acids is 1. The molecule has 128 valence electrons. The number of amides is 1. The highest BCUT2D eigenvalue weighted by atomic mass is 32.2. The van der Waals surface area contributed by atoms with Crippen molar-refractivity contribution in [1.82, 2.24) is 15.5 Å². The van der Waals surface area contributed by atoms with Gasteiger partial charge in [0.05, 0.1) is 18.0 Å². The second-order valence-corrected chi connectivity index (χ2v) is 8.02. The van der Waals surface area contributed by atoms with Crippen LogP contribution in [0.25, 0.3) is 0 Å². The number of carbonyl (C=O) groups is 1. The molecule has 0 spiro atoms. The number of aryl methyl sites for hydroxylation is 1. The number of anilines is 2. The molecular formula is C16H20N4O2S2. The molecule has 1 aliphatic rings. The Bertz CT molecular complexity index is 720. The molecular weight excluding hydrogens is 344 g/mol. The molecule has 2 aromatic rings. The fourth-order valence-electron chi connectivity index (χ4n) is 2.49. The Hall–Kier alpha value is -1.80. The van der Waals surface area contributed by atoms with Crippen LogP contribution >= 0.6 is 23.1 Å². The molecule has 0 radical (unpaired) electrons. The zero-order valence-electron chi connectivity index (χ0n) is 13.7. The van der Waals surface area contributed by atoms with Gasteiger partial charge in [-0.15, -0.1) is 10.2 Å². The molecule has 8 heteroatoms. The van der Waals surface area contributed by atoms with Crippen molar-refractivity contribution in [2.45, 2.75) is 35.8 Å². The fraction of sp³-hybridized carbons (Fsp3) is 0.438. The van der Waals surface area contributed by atoms with Crippen molar-refractivity contribution in [3.63, 3.8) is 0 Å². The van der Waals surface area contributed by atoms with E-state index in [0.29, 0.717) is 5.13 Å². The smallest absolute Gasteiger partial charge is 0.233 e. The van der Waals surface area contributed by atoms with Gasteiger partial charge in [0.15, 0.2) is 4.34 Å². The average Bonchev–Trinajstić information content (AvgIpc) is 2.90. The van der Waals surface area contributed by atoms with Gasteiger partial charge in [-0.25, -0.2) is 0 Å². The van der Waals surface area contributed by atoms with Gasteiger partial charge in [0.2, 0.25) is 11.0 Å². The molecule has 1 aromatic heterocycles. The minimum absolute atomic E-state index is 0.0817. The average molecular weight is 364 g/mol. The first-order valence-corrected chi connectivity index (χ1v) is 9.55. The topological polar surface area (TPSA) is 76.1 Å². The summed E-state index contributed by atoms with van der Waals surface area (Å²) in [5.74, 6) is 0.857. The largest absolute Gasteiger partial charge is 0.495 e. The molecule has 1 aliphatic heterocycles. The van der Waals surface area contributed by atoms with Crippen LogP contribution in [0.5, 0.6) is 5.75 Å². The molecule has 1 atom stereocenters. The van der Waals surface area contributed by atoms with Crippen LogP contribution in [0, 0.1) is 6.92 Å². The minimum Gasteiger partial charge on any atom is -0.495 e. The van der Waals surface area contributed by atoms with Gasteiger partial charge < -0.3 is 15.4 Å². The van der Waals surface area contributed by atoms with Gasteiger partial charge >= 0.3 is 0 Å². The second kappa shape index (κ2) is 7.85. The van der Waals surface area contributed by atoms with Crippen molar-refractivity contribution in [3.8, 4) is 5.75 Å². The number of benzene rings is 1. The molecule has 1 fully saturated rings. The van der Waals surface area contributed by atoms with Crippen LogP contribution in [0.4, 0.5) is 10.8 Å². The van der Waals surface area contributed by atoms with Crippen molar-refractivity contribution in [2.24, 2.45) is 0 Å². The van der Waals surface area contributed by atoms with Crippen molar-refractivity contribution in [2.75, 3.05) is 19.0 Å². The maximum absolute atomic E-state index is 12.0. The summed E-state index contributed by atoms with van der Waals surface area (Å²) in [4.78, 5) is 12.0. The normalized spacial score (nSPS) is 17.9. The number of rotatable bonds is 5. The summed E-state index contributed by atoms with van der Waals surface area (Å²) in [5, 5.41) is 15.2. The number of ether oxygens (including phenoxy) is 1. The lowest BCUT2D eigenvalue weighted by atomic mass is 10.2. The van der Waals surface area contributed by atoms with Gasteiger partial charge in [0.25, 0.3) is 0 Å². The number of hydrogen-bond donors (Lipinski definition) is 2. The van der Waals surface area contributed by atoms with E-state index in [1.54, 1.807) is 7.11 Å². The minimum atomic E-state index is -0.0817. The number of methoxy groups -OCH3 is 1. The lowest BCUT2D eigenvalue weighted by Crippen LogP contribution is -2.30. The van der Waals surface area contributed by atoms with Gasteiger partial charge in [0, 0.05) is 6.54 Å². The Balaban J connectivity index is 1.69. The molecule has 0 saturated carbocycles. The summed E-state index contributed by atoms with van der Waals surface area (Å²) in [6.07, 6.45) is 2.98. The van der Waals surface area contributed by atoms with Crippen molar-refractivity contribution in [3.05, 3.63) is 23.8 Å². The highest BCUT2D eigenvalue weighted by Gasteiger charge is 2.23. The lowest BCUT2D eigenvalue weighted by molar-refractivity contribution is -0.120.